The van der Waals surface area contributed by atoms with E-state index in [9.17, 15) is 0 Å². The van der Waals surface area contributed by atoms with Gasteiger partial charge in [-0.05, 0) is 43.2 Å². The first-order chi connectivity index (χ1) is 11.2. The molecule has 0 unspecified atom stereocenters. The lowest BCUT2D eigenvalue weighted by Gasteiger charge is -2.06. The SMILES string of the molecule is CCCCCCCOc1ccc(C=Nn2cc(C)nc2N)cc1. The number of nitrogen functional groups attached to an aromatic ring is 1. The Morgan fingerprint density at radius 2 is 1.91 bits per heavy atom. The minimum Gasteiger partial charge on any atom is -0.494 e. The standard InChI is InChI=1S/C18H26N4O/c1-3-4-5-6-7-12-23-17-10-8-16(9-11-17)13-20-22-14-15(2)21-18(22)19/h8-11,13-14H,3-7,12H2,1-2H3,(H2,19,21). The number of nitrogens with two attached hydrogens (primary N) is 1. The highest BCUT2D eigenvalue weighted by molar-refractivity contribution is 5.79. The number of aromatic nitrogens is 2. The zero-order chi connectivity index (χ0) is 16.5. The fourth-order valence-electron chi connectivity index (χ4n) is 2.27. The molecule has 5 nitrogen and oxygen atoms in total. The van der Waals surface area contributed by atoms with Gasteiger partial charge in [0.05, 0.1) is 24.7 Å². The fraction of sp³-hybridized carbons (Fsp3) is 0.444. The highest BCUT2D eigenvalue weighted by Crippen LogP contribution is 2.13. The molecule has 1 aromatic carbocycles. The van der Waals surface area contributed by atoms with Gasteiger partial charge in [0.1, 0.15) is 5.75 Å². The second kappa shape index (κ2) is 8.98. The summed E-state index contributed by atoms with van der Waals surface area (Å²) >= 11 is 0. The fourth-order valence-corrected chi connectivity index (χ4v) is 2.27. The van der Waals surface area contributed by atoms with Crippen molar-refractivity contribution in [3.05, 3.63) is 41.7 Å². The summed E-state index contributed by atoms with van der Waals surface area (Å²) in [5.74, 6) is 1.29. The Balaban J connectivity index is 1.79. The first kappa shape index (κ1) is 17.1. The van der Waals surface area contributed by atoms with Gasteiger partial charge in [-0.25, -0.2) is 9.66 Å². The van der Waals surface area contributed by atoms with E-state index in [-0.39, 0.29) is 0 Å². The molecule has 0 bridgehead atoms. The number of hydrogen-bond acceptors (Lipinski definition) is 4. The predicted molar refractivity (Wildman–Crippen MR) is 95.1 cm³/mol. The van der Waals surface area contributed by atoms with Crippen molar-refractivity contribution in [3.63, 3.8) is 0 Å². The van der Waals surface area contributed by atoms with Crippen molar-refractivity contribution in [2.75, 3.05) is 12.3 Å². The third-order valence-electron chi connectivity index (χ3n) is 3.56. The van der Waals surface area contributed by atoms with Crippen molar-refractivity contribution in [1.29, 1.82) is 0 Å². The van der Waals surface area contributed by atoms with Gasteiger partial charge in [-0.1, -0.05) is 32.6 Å². The summed E-state index contributed by atoms with van der Waals surface area (Å²) < 4.78 is 7.31. The molecule has 0 spiro atoms. The maximum atomic E-state index is 5.75. The van der Waals surface area contributed by atoms with Crippen LogP contribution in [0.1, 0.15) is 50.3 Å². The van der Waals surface area contributed by atoms with Crippen LogP contribution in [-0.4, -0.2) is 22.5 Å². The third kappa shape index (κ3) is 5.77. The Hall–Kier alpha value is -2.30. The van der Waals surface area contributed by atoms with Gasteiger partial charge in [-0.2, -0.15) is 5.10 Å². The van der Waals surface area contributed by atoms with Crippen LogP contribution in [-0.2, 0) is 0 Å². The molecule has 0 amide bonds. The Morgan fingerprint density at radius 1 is 1.17 bits per heavy atom. The monoisotopic (exact) mass is 314 g/mol. The maximum Gasteiger partial charge on any atom is 0.221 e. The average molecular weight is 314 g/mol. The van der Waals surface area contributed by atoms with E-state index < -0.39 is 0 Å². The van der Waals surface area contributed by atoms with Crippen molar-refractivity contribution in [2.45, 2.75) is 46.0 Å². The molecule has 2 N–H and O–H groups in total. The van der Waals surface area contributed by atoms with Gasteiger partial charge in [-0.3, -0.25) is 0 Å². The molecular formula is C18H26N4O. The Labute approximate surface area is 138 Å². The second-order valence-electron chi connectivity index (χ2n) is 5.66. The van der Waals surface area contributed by atoms with Gasteiger partial charge >= 0.3 is 0 Å². The van der Waals surface area contributed by atoms with Crippen LogP contribution in [0.15, 0.2) is 35.6 Å². The molecule has 1 aromatic heterocycles. The van der Waals surface area contributed by atoms with E-state index in [2.05, 4.69) is 17.0 Å². The summed E-state index contributed by atoms with van der Waals surface area (Å²) in [4.78, 5) is 4.10. The van der Waals surface area contributed by atoms with Gasteiger partial charge in [-0.15, -0.1) is 0 Å². The molecule has 0 aliphatic heterocycles. The van der Waals surface area contributed by atoms with Crippen LogP contribution in [0.5, 0.6) is 5.75 Å². The van der Waals surface area contributed by atoms with E-state index in [4.69, 9.17) is 10.5 Å². The van der Waals surface area contributed by atoms with Crippen molar-refractivity contribution >= 4 is 12.2 Å². The third-order valence-corrected chi connectivity index (χ3v) is 3.56. The second-order valence-corrected chi connectivity index (χ2v) is 5.66. The molecule has 1 heterocycles. The van der Waals surface area contributed by atoms with E-state index in [1.165, 1.54) is 25.7 Å². The van der Waals surface area contributed by atoms with Crippen LogP contribution in [0.3, 0.4) is 0 Å². The number of nitrogens with zero attached hydrogens (tertiary/aromatic N) is 3. The van der Waals surface area contributed by atoms with E-state index in [1.807, 2.05) is 31.2 Å². The molecule has 0 saturated carbocycles. The molecule has 0 fully saturated rings. The van der Waals surface area contributed by atoms with Gasteiger partial charge in [0.25, 0.3) is 0 Å². The normalized spacial score (nSPS) is 11.2. The highest BCUT2D eigenvalue weighted by atomic mass is 16.5. The number of unbranched alkanes of at least 4 members (excludes halogenated alkanes) is 4. The molecule has 0 atom stereocenters. The lowest BCUT2D eigenvalue weighted by atomic mass is 10.2. The smallest absolute Gasteiger partial charge is 0.221 e. The zero-order valence-electron chi connectivity index (χ0n) is 14.0. The van der Waals surface area contributed by atoms with Crippen LogP contribution in [0, 0.1) is 6.92 Å². The average Bonchev–Trinajstić information content (AvgIpc) is 2.87. The summed E-state index contributed by atoms with van der Waals surface area (Å²) in [6.07, 6.45) is 9.79. The zero-order valence-corrected chi connectivity index (χ0v) is 14.0. The molecule has 124 valence electrons. The topological polar surface area (TPSA) is 65.4 Å². The minimum absolute atomic E-state index is 0.391. The van der Waals surface area contributed by atoms with Gasteiger partial charge < -0.3 is 10.5 Å². The summed E-state index contributed by atoms with van der Waals surface area (Å²) in [7, 11) is 0. The molecule has 0 aliphatic rings. The number of anilines is 1. The number of ether oxygens (including phenoxy) is 1. The quantitative estimate of drug-likeness (QED) is 0.562. The first-order valence-electron chi connectivity index (χ1n) is 8.27. The summed E-state index contributed by atoms with van der Waals surface area (Å²) in [6, 6.07) is 7.90. The number of benzene rings is 1. The van der Waals surface area contributed by atoms with Crippen LogP contribution in [0.2, 0.25) is 0 Å². The van der Waals surface area contributed by atoms with E-state index in [0.29, 0.717) is 5.95 Å². The van der Waals surface area contributed by atoms with Crippen LogP contribution >= 0.6 is 0 Å². The van der Waals surface area contributed by atoms with Crippen molar-refractivity contribution in [2.24, 2.45) is 5.10 Å². The largest absolute Gasteiger partial charge is 0.494 e. The lowest BCUT2D eigenvalue weighted by molar-refractivity contribution is 0.304. The van der Waals surface area contributed by atoms with Gasteiger partial charge in [0.2, 0.25) is 5.95 Å². The number of rotatable bonds is 9. The molecular weight excluding hydrogens is 288 g/mol. The first-order valence-corrected chi connectivity index (χ1v) is 8.27. The molecule has 0 radical (unpaired) electrons. The molecule has 23 heavy (non-hydrogen) atoms. The van der Waals surface area contributed by atoms with Gasteiger partial charge in [0, 0.05) is 0 Å². The maximum absolute atomic E-state index is 5.75. The van der Waals surface area contributed by atoms with Crippen molar-refractivity contribution in [3.8, 4) is 5.75 Å². The molecule has 5 heteroatoms. The summed E-state index contributed by atoms with van der Waals surface area (Å²) in [5, 5.41) is 4.29. The Morgan fingerprint density at radius 3 is 2.57 bits per heavy atom. The van der Waals surface area contributed by atoms with Gasteiger partial charge in [0.15, 0.2) is 0 Å². The van der Waals surface area contributed by atoms with Crippen molar-refractivity contribution < 1.29 is 4.74 Å². The highest BCUT2D eigenvalue weighted by Gasteiger charge is 1.99. The van der Waals surface area contributed by atoms with E-state index in [0.717, 1.165) is 30.0 Å². The molecule has 2 rings (SSSR count). The van der Waals surface area contributed by atoms with E-state index in [1.54, 1.807) is 17.1 Å². The summed E-state index contributed by atoms with van der Waals surface area (Å²) in [5.41, 5.74) is 7.59. The molecule has 0 saturated heterocycles. The van der Waals surface area contributed by atoms with Crippen LogP contribution in [0.25, 0.3) is 0 Å². The lowest BCUT2D eigenvalue weighted by Crippen LogP contribution is -1.98. The number of hydrogen-bond donors (Lipinski definition) is 1. The Bertz CT molecular complexity index is 616. The number of aryl methyl sites for hydroxylation is 1. The van der Waals surface area contributed by atoms with E-state index >= 15 is 0 Å². The minimum atomic E-state index is 0.391. The number of imidazole rings is 1. The summed E-state index contributed by atoms with van der Waals surface area (Å²) in [6.45, 7) is 4.89. The molecule has 2 aromatic rings. The molecule has 0 aliphatic carbocycles. The van der Waals surface area contributed by atoms with Crippen LogP contribution in [0.4, 0.5) is 5.95 Å². The Kier molecular flexibility index (Phi) is 6.66. The predicted octanol–water partition coefficient (Wildman–Crippen LogP) is 4.01. The van der Waals surface area contributed by atoms with Crippen molar-refractivity contribution in [1.82, 2.24) is 9.66 Å². The van der Waals surface area contributed by atoms with Crippen LogP contribution < -0.4 is 10.5 Å².